The van der Waals surface area contributed by atoms with Gasteiger partial charge in [0, 0.05) is 31.6 Å². The molecular formula is C20H18F2N4O2S. The van der Waals surface area contributed by atoms with E-state index in [9.17, 15) is 13.6 Å². The molecule has 0 N–H and O–H groups in total. The van der Waals surface area contributed by atoms with Crippen LogP contribution in [-0.4, -0.2) is 32.9 Å². The summed E-state index contributed by atoms with van der Waals surface area (Å²) in [4.78, 5) is 13.0. The predicted molar refractivity (Wildman–Crippen MR) is 107 cm³/mol. The van der Waals surface area contributed by atoms with Crippen molar-refractivity contribution in [2.24, 2.45) is 0 Å². The third-order valence-corrected chi connectivity index (χ3v) is 5.57. The van der Waals surface area contributed by atoms with Crippen molar-refractivity contribution in [3.05, 3.63) is 70.0 Å². The lowest BCUT2D eigenvalue weighted by Crippen LogP contribution is -2.24. The monoisotopic (exact) mass is 416 g/mol. The maximum absolute atomic E-state index is 14.0. The van der Waals surface area contributed by atoms with Gasteiger partial charge in [-0.3, -0.25) is 13.8 Å². The van der Waals surface area contributed by atoms with Gasteiger partial charge >= 0.3 is 0 Å². The van der Waals surface area contributed by atoms with Crippen LogP contribution in [0.1, 0.15) is 12.0 Å². The van der Waals surface area contributed by atoms with E-state index in [1.54, 1.807) is 28.2 Å². The average molecular weight is 416 g/mol. The van der Waals surface area contributed by atoms with Crippen molar-refractivity contribution in [3.8, 4) is 0 Å². The SMILES string of the molecule is COCCCn1c(=O)c2ccccc2n2c(SCc3cccc(F)c3F)nnc12. The maximum Gasteiger partial charge on any atom is 0.262 e. The van der Waals surface area contributed by atoms with Gasteiger partial charge in [0.25, 0.3) is 5.56 Å². The molecule has 0 aliphatic heterocycles. The van der Waals surface area contributed by atoms with Crippen molar-refractivity contribution in [2.45, 2.75) is 23.9 Å². The van der Waals surface area contributed by atoms with Crippen LogP contribution in [0.5, 0.6) is 0 Å². The number of benzene rings is 2. The van der Waals surface area contributed by atoms with E-state index in [0.717, 1.165) is 6.07 Å². The van der Waals surface area contributed by atoms with Crippen molar-refractivity contribution < 1.29 is 13.5 Å². The fraction of sp³-hybridized carbons (Fsp3) is 0.250. The number of hydrogen-bond acceptors (Lipinski definition) is 5. The molecule has 0 fully saturated rings. The molecule has 0 saturated heterocycles. The highest BCUT2D eigenvalue weighted by atomic mass is 32.2. The summed E-state index contributed by atoms with van der Waals surface area (Å²) in [6, 6.07) is 11.3. The first kappa shape index (κ1) is 19.5. The fourth-order valence-electron chi connectivity index (χ4n) is 3.20. The average Bonchev–Trinajstić information content (AvgIpc) is 3.15. The van der Waals surface area contributed by atoms with E-state index in [1.165, 1.54) is 23.9 Å². The number of nitrogens with zero attached hydrogens (tertiary/aromatic N) is 4. The van der Waals surface area contributed by atoms with Crippen LogP contribution in [0, 0.1) is 11.6 Å². The zero-order valence-corrected chi connectivity index (χ0v) is 16.5. The molecule has 9 heteroatoms. The molecule has 0 saturated carbocycles. The molecule has 0 amide bonds. The molecule has 0 unspecified atom stereocenters. The molecular weight excluding hydrogens is 398 g/mol. The normalized spacial score (nSPS) is 11.6. The van der Waals surface area contributed by atoms with E-state index >= 15 is 0 Å². The summed E-state index contributed by atoms with van der Waals surface area (Å²) in [5, 5.41) is 9.46. The maximum atomic E-state index is 14.0. The summed E-state index contributed by atoms with van der Waals surface area (Å²) in [5.41, 5.74) is 0.761. The van der Waals surface area contributed by atoms with Crippen LogP contribution in [-0.2, 0) is 17.0 Å². The van der Waals surface area contributed by atoms with Gasteiger partial charge in [-0.05, 0) is 24.6 Å². The minimum atomic E-state index is -0.883. The molecule has 150 valence electrons. The number of fused-ring (bicyclic) bond motifs is 3. The van der Waals surface area contributed by atoms with Crippen molar-refractivity contribution in [1.29, 1.82) is 0 Å². The van der Waals surface area contributed by atoms with Crippen LogP contribution in [0.4, 0.5) is 8.78 Å². The highest BCUT2D eigenvalue weighted by Gasteiger charge is 2.17. The Bertz CT molecular complexity index is 1240. The van der Waals surface area contributed by atoms with E-state index in [1.807, 2.05) is 12.1 Å². The number of rotatable bonds is 7. The third-order valence-electron chi connectivity index (χ3n) is 4.60. The van der Waals surface area contributed by atoms with Gasteiger partial charge in [0.15, 0.2) is 16.8 Å². The van der Waals surface area contributed by atoms with E-state index in [0.29, 0.717) is 41.4 Å². The molecule has 2 aromatic heterocycles. The van der Waals surface area contributed by atoms with Gasteiger partial charge in [-0.25, -0.2) is 8.78 Å². The third kappa shape index (κ3) is 3.63. The highest BCUT2D eigenvalue weighted by molar-refractivity contribution is 7.98. The quantitative estimate of drug-likeness (QED) is 0.340. The fourth-order valence-corrected chi connectivity index (χ4v) is 4.11. The van der Waals surface area contributed by atoms with Crippen molar-refractivity contribution in [2.75, 3.05) is 13.7 Å². The molecule has 0 bridgehead atoms. The predicted octanol–water partition coefficient (Wildman–Crippen LogP) is 3.65. The first-order chi connectivity index (χ1) is 14.1. The van der Waals surface area contributed by atoms with Crippen molar-refractivity contribution >= 4 is 28.4 Å². The lowest BCUT2D eigenvalue weighted by Gasteiger charge is -2.11. The number of para-hydroxylation sites is 1. The minimum Gasteiger partial charge on any atom is -0.385 e. The number of thioether (sulfide) groups is 1. The Hall–Kier alpha value is -2.78. The van der Waals surface area contributed by atoms with E-state index in [4.69, 9.17) is 4.74 Å². The van der Waals surface area contributed by atoms with Crippen LogP contribution in [0.25, 0.3) is 16.7 Å². The molecule has 4 rings (SSSR count). The number of aryl methyl sites for hydroxylation is 1. The van der Waals surface area contributed by atoms with Gasteiger partial charge in [0.05, 0.1) is 10.9 Å². The number of halogens is 2. The summed E-state index contributed by atoms with van der Waals surface area (Å²) in [7, 11) is 1.61. The van der Waals surface area contributed by atoms with Crippen LogP contribution in [0.3, 0.4) is 0 Å². The molecule has 4 aromatic rings. The second kappa shape index (κ2) is 8.30. The summed E-state index contributed by atoms with van der Waals surface area (Å²) >= 11 is 1.23. The number of hydrogen-bond donors (Lipinski definition) is 0. The molecule has 0 radical (unpaired) electrons. The Kier molecular flexibility index (Phi) is 5.59. The summed E-state index contributed by atoms with van der Waals surface area (Å²) in [6.45, 7) is 0.947. The number of methoxy groups -OCH3 is 1. The summed E-state index contributed by atoms with van der Waals surface area (Å²) in [5.74, 6) is -1.16. The van der Waals surface area contributed by atoms with Crippen molar-refractivity contribution in [3.63, 3.8) is 0 Å². The molecule has 2 heterocycles. The molecule has 0 aliphatic rings. The minimum absolute atomic E-state index is 0.149. The Morgan fingerprint density at radius 1 is 1.10 bits per heavy atom. The summed E-state index contributed by atoms with van der Waals surface area (Å²) < 4.78 is 35.9. The van der Waals surface area contributed by atoms with Crippen LogP contribution >= 0.6 is 11.8 Å². The van der Waals surface area contributed by atoms with E-state index in [-0.39, 0.29) is 16.9 Å². The zero-order valence-electron chi connectivity index (χ0n) is 15.6. The molecule has 0 atom stereocenters. The molecule has 29 heavy (non-hydrogen) atoms. The second-order valence-electron chi connectivity index (χ2n) is 6.44. The van der Waals surface area contributed by atoms with Gasteiger partial charge in [0.2, 0.25) is 5.78 Å². The van der Waals surface area contributed by atoms with Gasteiger partial charge < -0.3 is 4.74 Å². The standard InChI is InChI=1S/C20H18F2N4O2S/c1-28-11-5-10-25-18(27)14-7-2-3-9-16(14)26-19(25)23-24-20(26)29-12-13-6-4-8-15(21)17(13)22/h2-4,6-9H,5,10-12H2,1H3. The molecule has 0 aliphatic carbocycles. The van der Waals surface area contributed by atoms with Crippen LogP contribution < -0.4 is 5.56 Å². The van der Waals surface area contributed by atoms with E-state index in [2.05, 4.69) is 10.2 Å². The largest absolute Gasteiger partial charge is 0.385 e. The van der Waals surface area contributed by atoms with Crippen molar-refractivity contribution in [1.82, 2.24) is 19.2 Å². The van der Waals surface area contributed by atoms with Gasteiger partial charge in [-0.15, -0.1) is 10.2 Å². The van der Waals surface area contributed by atoms with Gasteiger partial charge in [-0.1, -0.05) is 36.0 Å². The lowest BCUT2D eigenvalue weighted by atomic mass is 10.2. The topological polar surface area (TPSA) is 61.4 Å². The Morgan fingerprint density at radius 3 is 2.76 bits per heavy atom. The summed E-state index contributed by atoms with van der Waals surface area (Å²) in [6.07, 6.45) is 0.647. The van der Waals surface area contributed by atoms with Crippen LogP contribution in [0.15, 0.2) is 52.4 Å². The number of aromatic nitrogens is 4. The Balaban J connectivity index is 1.79. The Morgan fingerprint density at radius 2 is 1.93 bits per heavy atom. The molecule has 2 aromatic carbocycles. The van der Waals surface area contributed by atoms with E-state index < -0.39 is 11.6 Å². The van der Waals surface area contributed by atoms with Gasteiger partial charge in [-0.2, -0.15) is 0 Å². The lowest BCUT2D eigenvalue weighted by molar-refractivity contribution is 0.190. The second-order valence-corrected chi connectivity index (χ2v) is 7.38. The Labute approximate surface area is 169 Å². The highest BCUT2D eigenvalue weighted by Crippen LogP contribution is 2.26. The molecule has 6 nitrogen and oxygen atoms in total. The smallest absolute Gasteiger partial charge is 0.262 e. The van der Waals surface area contributed by atoms with Crippen LogP contribution in [0.2, 0.25) is 0 Å². The number of ether oxygens (including phenoxy) is 1. The molecule has 0 spiro atoms. The first-order valence-electron chi connectivity index (χ1n) is 9.03. The zero-order chi connectivity index (χ0) is 20.4. The van der Waals surface area contributed by atoms with Gasteiger partial charge in [0.1, 0.15) is 0 Å². The first-order valence-corrected chi connectivity index (χ1v) is 10.0.